The van der Waals surface area contributed by atoms with Crippen LogP contribution in [0.3, 0.4) is 0 Å². The number of alkyl halides is 3. The Balaban J connectivity index is 2.18. The molecule has 1 aliphatic rings. The van der Waals surface area contributed by atoms with Crippen LogP contribution in [0, 0.1) is 0 Å². The maximum Gasteiger partial charge on any atom is 0.405 e. The fourth-order valence-corrected chi connectivity index (χ4v) is 1.77. The van der Waals surface area contributed by atoms with Crippen molar-refractivity contribution in [2.24, 2.45) is 0 Å². The van der Waals surface area contributed by atoms with Gasteiger partial charge in [-0.2, -0.15) is 13.2 Å². The van der Waals surface area contributed by atoms with Crippen molar-refractivity contribution in [3.63, 3.8) is 0 Å². The molecule has 0 spiro atoms. The number of anilines is 1. The summed E-state index contributed by atoms with van der Waals surface area (Å²) in [5.41, 5.74) is 0.682. The first-order valence-corrected chi connectivity index (χ1v) is 5.67. The average molecular weight is 258 g/mol. The minimum Gasteiger partial charge on any atom is -0.358 e. The van der Waals surface area contributed by atoms with Crippen LogP contribution in [0.1, 0.15) is 30.3 Å². The molecule has 0 bridgehead atoms. The van der Waals surface area contributed by atoms with Crippen molar-refractivity contribution in [1.82, 2.24) is 4.98 Å². The SMILES string of the molecule is CC(=O)c1ccc(N(CC(F)(F)F)C2CC2)cn1. The Morgan fingerprint density at radius 1 is 1.44 bits per heavy atom. The first-order valence-electron chi connectivity index (χ1n) is 5.67. The van der Waals surface area contributed by atoms with Crippen molar-refractivity contribution in [2.75, 3.05) is 11.4 Å². The normalized spacial score (nSPS) is 15.6. The number of Topliss-reactive ketones (excluding diaryl/α,β-unsaturated/α-hetero) is 1. The van der Waals surface area contributed by atoms with Crippen molar-refractivity contribution in [3.8, 4) is 0 Å². The summed E-state index contributed by atoms with van der Waals surface area (Å²) in [4.78, 5) is 16.2. The Morgan fingerprint density at radius 3 is 2.50 bits per heavy atom. The third kappa shape index (κ3) is 3.21. The Bertz CT molecular complexity index is 438. The van der Waals surface area contributed by atoms with E-state index >= 15 is 0 Å². The van der Waals surface area contributed by atoms with Gasteiger partial charge in [0.1, 0.15) is 12.2 Å². The van der Waals surface area contributed by atoms with Gasteiger partial charge >= 0.3 is 6.18 Å². The van der Waals surface area contributed by atoms with Gasteiger partial charge in [-0.05, 0) is 25.0 Å². The lowest BCUT2D eigenvalue weighted by Crippen LogP contribution is -2.36. The van der Waals surface area contributed by atoms with Gasteiger partial charge in [-0.3, -0.25) is 9.78 Å². The number of aromatic nitrogens is 1. The highest BCUT2D eigenvalue weighted by Gasteiger charge is 2.38. The smallest absolute Gasteiger partial charge is 0.358 e. The molecule has 0 amide bonds. The molecular formula is C12H13F3N2O. The summed E-state index contributed by atoms with van der Waals surface area (Å²) in [5.74, 6) is -0.199. The summed E-state index contributed by atoms with van der Waals surface area (Å²) < 4.78 is 37.4. The summed E-state index contributed by atoms with van der Waals surface area (Å²) >= 11 is 0. The van der Waals surface area contributed by atoms with E-state index in [-0.39, 0.29) is 17.5 Å². The lowest BCUT2D eigenvalue weighted by atomic mass is 10.2. The number of hydrogen-bond donors (Lipinski definition) is 0. The van der Waals surface area contributed by atoms with Crippen molar-refractivity contribution >= 4 is 11.5 Å². The second kappa shape index (κ2) is 4.59. The third-order valence-corrected chi connectivity index (χ3v) is 2.78. The maximum absolute atomic E-state index is 12.5. The molecule has 0 saturated heterocycles. The molecule has 0 aromatic carbocycles. The first kappa shape index (κ1) is 12.9. The maximum atomic E-state index is 12.5. The molecule has 2 rings (SSSR count). The second-order valence-electron chi connectivity index (χ2n) is 4.43. The predicted molar refractivity (Wildman–Crippen MR) is 60.7 cm³/mol. The van der Waals surface area contributed by atoms with Crippen LogP contribution in [0.5, 0.6) is 0 Å². The largest absolute Gasteiger partial charge is 0.405 e. The Hall–Kier alpha value is -1.59. The molecule has 1 saturated carbocycles. The van der Waals surface area contributed by atoms with E-state index in [0.717, 1.165) is 12.8 Å². The second-order valence-corrected chi connectivity index (χ2v) is 4.43. The van der Waals surface area contributed by atoms with E-state index in [0.29, 0.717) is 5.69 Å². The number of hydrogen-bond acceptors (Lipinski definition) is 3. The fourth-order valence-electron chi connectivity index (χ4n) is 1.77. The molecule has 1 aliphatic carbocycles. The number of rotatable bonds is 4. The van der Waals surface area contributed by atoms with Crippen LogP contribution in [0.25, 0.3) is 0 Å². The van der Waals surface area contributed by atoms with Crippen LogP contribution in [-0.4, -0.2) is 29.5 Å². The standard InChI is InChI=1S/C12H13F3N2O/c1-8(18)11-5-4-10(6-16-11)17(9-2-3-9)7-12(13,14)15/h4-6,9H,2-3,7H2,1H3. The lowest BCUT2D eigenvalue weighted by Gasteiger charge is -2.25. The molecule has 1 fully saturated rings. The van der Waals surface area contributed by atoms with Crippen LogP contribution in [-0.2, 0) is 0 Å². The zero-order valence-electron chi connectivity index (χ0n) is 9.87. The quantitative estimate of drug-likeness (QED) is 0.778. The zero-order chi connectivity index (χ0) is 13.3. The molecular weight excluding hydrogens is 245 g/mol. The minimum atomic E-state index is -4.23. The van der Waals surface area contributed by atoms with Gasteiger partial charge < -0.3 is 4.90 Å². The summed E-state index contributed by atoms with van der Waals surface area (Å²) in [6.07, 6.45) is -1.36. The monoisotopic (exact) mass is 258 g/mol. The Kier molecular flexibility index (Phi) is 3.28. The third-order valence-electron chi connectivity index (χ3n) is 2.78. The van der Waals surface area contributed by atoms with Gasteiger partial charge in [0, 0.05) is 13.0 Å². The average Bonchev–Trinajstić information content (AvgIpc) is 3.08. The Morgan fingerprint density at radius 2 is 2.11 bits per heavy atom. The van der Waals surface area contributed by atoms with E-state index in [1.54, 1.807) is 0 Å². The van der Waals surface area contributed by atoms with Gasteiger partial charge in [-0.1, -0.05) is 0 Å². The van der Waals surface area contributed by atoms with E-state index in [9.17, 15) is 18.0 Å². The van der Waals surface area contributed by atoms with Gasteiger partial charge in [-0.25, -0.2) is 0 Å². The molecule has 0 radical (unpaired) electrons. The molecule has 0 atom stereocenters. The Labute approximate surface area is 103 Å². The van der Waals surface area contributed by atoms with Crippen molar-refractivity contribution in [2.45, 2.75) is 32.0 Å². The molecule has 1 aromatic rings. The van der Waals surface area contributed by atoms with Crippen LogP contribution < -0.4 is 4.90 Å². The van der Waals surface area contributed by atoms with Gasteiger partial charge in [0.05, 0.1) is 11.9 Å². The molecule has 1 heterocycles. The summed E-state index contributed by atoms with van der Waals surface area (Å²) in [5, 5.41) is 0. The van der Waals surface area contributed by atoms with Crippen LogP contribution in [0.15, 0.2) is 18.3 Å². The molecule has 0 unspecified atom stereocenters. The van der Waals surface area contributed by atoms with Gasteiger partial charge in [0.25, 0.3) is 0 Å². The summed E-state index contributed by atoms with van der Waals surface area (Å²) in [6, 6.07) is 2.92. The number of ketones is 1. The number of carbonyl (C=O) groups excluding carboxylic acids is 1. The highest BCUT2D eigenvalue weighted by molar-refractivity contribution is 5.92. The molecule has 0 N–H and O–H groups in total. The lowest BCUT2D eigenvalue weighted by molar-refractivity contribution is -0.120. The van der Waals surface area contributed by atoms with Crippen LogP contribution in [0.2, 0.25) is 0 Å². The molecule has 98 valence electrons. The fraction of sp³-hybridized carbons (Fsp3) is 0.500. The predicted octanol–water partition coefficient (Wildman–Crippen LogP) is 2.82. The topological polar surface area (TPSA) is 33.2 Å². The molecule has 3 nitrogen and oxygen atoms in total. The van der Waals surface area contributed by atoms with E-state index in [2.05, 4.69) is 4.98 Å². The van der Waals surface area contributed by atoms with E-state index in [4.69, 9.17) is 0 Å². The van der Waals surface area contributed by atoms with Crippen LogP contribution in [0.4, 0.5) is 18.9 Å². The van der Waals surface area contributed by atoms with E-state index in [1.807, 2.05) is 0 Å². The van der Waals surface area contributed by atoms with E-state index in [1.165, 1.54) is 30.2 Å². The van der Waals surface area contributed by atoms with Gasteiger partial charge in [0.15, 0.2) is 5.78 Å². The highest BCUT2D eigenvalue weighted by atomic mass is 19.4. The van der Waals surface area contributed by atoms with Crippen LogP contribution >= 0.6 is 0 Å². The number of pyridine rings is 1. The molecule has 1 aromatic heterocycles. The first-order chi connectivity index (χ1) is 8.37. The van der Waals surface area contributed by atoms with Crippen molar-refractivity contribution in [1.29, 1.82) is 0 Å². The number of halogens is 3. The number of carbonyl (C=O) groups is 1. The summed E-state index contributed by atoms with van der Waals surface area (Å²) in [7, 11) is 0. The zero-order valence-corrected chi connectivity index (χ0v) is 9.87. The molecule has 18 heavy (non-hydrogen) atoms. The van der Waals surface area contributed by atoms with E-state index < -0.39 is 12.7 Å². The summed E-state index contributed by atoms with van der Waals surface area (Å²) in [6.45, 7) is 0.398. The van der Waals surface area contributed by atoms with Gasteiger partial charge in [0.2, 0.25) is 0 Å². The highest BCUT2D eigenvalue weighted by Crippen LogP contribution is 2.34. The number of nitrogens with zero attached hydrogens (tertiary/aromatic N) is 2. The molecule has 6 heteroatoms. The van der Waals surface area contributed by atoms with Gasteiger partial charge in [-0.15, -0.1) is 0 Å². The minimum absolute atomic E-state index is 0.0587. The van der Waals surface area contributed by atoms with Crippen molar-refractivity contribution in [3.05, 3.63) is 24.0 Å². The molecule has 0 aliphatic heterocycles. The van der Waals surface area contributed by atoms with Crippen molar-refractivity contribution < 1.29 is 18.0 Å².